The summed E-state index contributed by atoms with van der Waals surface area (Å²) in [4.78, 5) is 17.7. The molecule has 0 aliphatic heterocycles. The van der Waals surface area contributed by atoms with Gasteiger partial charge >= 0.3 is 0 Å². The molecule has 0 amide bonds. The van der Waals surface area contributed by atoms with Crippen LogP contribution in [0.25, 0.3) is 22.4 Å². The maximum absolute atomic E-state index is 12.6. The summed E-state index contributed by atoms with van der Waals surface area (Å²) < 4.78 is 7.18. The van der Waals surface area contributed by atoms with E-state index in [1.165, 1.54) is 15.9 Å². The summed E-state index contributed by atoms with van der Waals surface area (Å²) in [6.45, 7) is 2.02. The molecule has 5 nitrogen and oxygen atoms in total. The maximum Gasteiger partial charge on any atom is 0.291 e. The third kappa shape index (κ3) is 2.92. The molecule has 2 aromatic heterocycles. The first-order valence-electron chi connectivity index (χ1n) is 7.76. The number of hydrogen-bond donors (Lipinski definition) is 0. The highest BCUT2D eigenvalue weighted by molar-refractivity contribution is 7.15. The van der Waals surface area contributed by atoms with E-state index in [1.807, 2.05) is 61.5 Å². The number of aromatic nitrogens is 3. The first kappa shape index (κ1) is 15.5. The summed E-state index contributed by atoms with van der Waals surface area (Å²) >= 11 is 1.33. The van der Waals surface area contributed by atoms with Crippen molar-refractivity contribution in [3.63, 3.8) is 0 Å². The van der Waals surface area contributed by atoms with Crippen molar-refractivity contribution < 1.29 is 4.74 Å². The molecule has 0 unspecified atom stereocenters. The van der Waals surface area contributed by atoms with Crippen molar-refractivity contribution in [2.24, 2.45) is 0 Å². The van der Waals surface area contributed by atoms with Crippen molar-refractivity contribution >= 4 is 22.4 Å². The van der Waals surface area contributed by atoms with Crippen LogP contribution in [0.3, 0.4) is 0 Å². The van der Waals surface area contributed by atoms with E-state index in [2.05, 4.69) is 10.1 Å². The van der Waals surface area contributed by atoms with E-state index < -0.39 is 0 Å². The first-order chi connectivity index (χ1) is 12.1. The lowest BCUT2D eigenvalue weighted by Crippen LogP contribution is -2.23. The Hall–Kier alpha value is -2.99. The molecule has 0 fully saturated rings. The van der Waals surface area contributed by atoms with Gasteiger partial charge in [-0.15, -0.1) is 5.10 Å². The Morgan fingerprint density at radius 3 is 2.76 bits per heavy atom. The molecule has 4 aromatic rings. The fraction of sp³-hybridized carbons (Fsp3) is 0.105. The van der Waals surface area contributed by atoms with E-state index in [9.17, 15) is 4.79 Å². The Kier molecular flexibility index (Phi) is 3.82. The zero-order valence-electron chi connectivity index (χ0n) is 13.8. The van der Waals surface area contributed by atoms with Crippen molar-refractivity contribution in [2.75, 3.05) is 7.11 Å². The molecule has 0 saturated heterocycles. The molecule has 0 bridgehead atoms. The van der Waals surface area contributed by atoms with E-state index in [0.29, 0.717) is 15.3 Å². The van der Waals surface area contributed by atoms with Crippen molar-refractivity contribution in [3.8, 4) is 17.1 Å². The highest BCUT2D eigenvalue weighted by atomic mass is 32.1. The molecule has 0 radical (unpaired) electrons. The number of rotatable bonds is 3. The van der Waals surface area contributed by atoms with Crippen LogP contribution in [0.15, 0.2) is 53.3 Å². The van der Waals surface area contributed by atoms with E-state index >= 15 is 0 Å². The van der Waals surface area contributed by atoms with E-state index in [-0.39, 0.29) is 5.56 Å². The number of fused-ring (bicyclic) bond motifs is 1. The zero-order chi connectivity index (χ0) is 17.4. The molecule has 25 heavy (non-hydrogen) atoms. The summed E-state index contributed by atoms with van der Waals surface area (Å²) in [7, 11) is 1.62. The van der Waals surface area contributed by atoms with Gasteiger partial charge in [0.1, 0.15) is 5.75 Å². The Bertz CT molecular complexity index is 1180. The van der Waals surface area contributed by atoms with Gasteiger partial charge in [-0.3, -0.25) is 4.79 Å². The van der Waals surface area contributed by atoms with Gasteiger partial charge in [0.15, 0.2) is 5.82 Å². The number of ether oxygens (including phenoxy) is 1. The predicted octanol–water partition coefficient (Wildman–Crippen LogP) is 2.68. The van der Waals surface area contributed by atoms with Crippen molar-refractivity contribution in [2.45, 2.75) is 6.92 Å². The van der Waals surface area contributed by atoms with Gasteiger partial charge in [-0.1, -0.05) is 47.2 Å². The van der Waals surface area contributed by atoms with Gasteiger partial charge in [0.2, 0.25) is 4.96 Å². The van der Waals surface area contributed by atoms with E-state index in [1.54, 1.807) is 7.11 Å². The van der Waals surface area contributed by atoms with E-state index in [0.717, 1.165) is 22.4 Å². The number of aryl methyl sites for hydroxylation is 1. The molecule has 2 aromatic carbocycles. The predicted molar refractivity (Wildman–Crippen MR) is 99.1 cm³/mol. The lowest BCUT2D eigenvalue weighted by Gasteiger charge is -1.99. The van der Waals surface area contributed by atoms with Crippen LogP contribution in [0, 0.1) is 6.92 Å². The third-order valence-corrected chi connectivity index (χ3v) is 4.81. The third-order valence-electron chi connectivity index (χ3n) is 3.85. The summed E-state index contributed by atoms with van der Waals surface area (Å²) in [6, 6.07) is 15.5. The van der Waals surface area contributed by atoms with Gasteiger partial charge < -0.3 is 4.74 Å². The van der Waals surface area contributed by atoms with E-state index in [4.69, 9.17) is 4.74 Å². The Balaban J connectivity index is 1.80. The lowest BCUT2D eigenvalue weighted by molar-refractivity contribution is 0.414. The topological polar surface area (TPSA) is 56.5 Å². The largest absolute Gasteiger partial charge is 0.497 e. The number of nitrogens with zero attached hydrogens (tertiary/aromatic N) is 3. The Morgan fingerprint density at radius 1 is 1.16 bits per heavy atom. The van der Waals surface area contributed by atoms with Crippen LogP contribution >= 0.6 is 11.3 Å². The molecule has 6 heteroatoms. The minimum absolute atomic E-state index is 0.158. The number of methoxy groups -OCH3 is 1. The normalized spacial score (nSPS) is 12.0. The summed E-state index contributed by atoms with van der Waals surface area (Å²) in [5.74, 6) is 1.32. The quantitative estimate of drug-likeness (QED) is 0.571. The molecule has 0 aliphatic rings. The van der Waals surface area contributed by atoms with Crippen LogP contribution in [0.2, 0.25) is 0 Å². The van der Waals surface area contributed by atoms with Gasteiger partial charge in [0.05, 0.1) is 11.6 Å². The molecule has 124 valence electrons. The highest BCUT2D eigenvalue weighted by Crippen LogP contribution is 2.18. The molecule has 0 atom stereocenters. The maximum atomic E-state index is 12.6. The van der Waals surface area contributed by atoms with Crippen LogP contribution in [-0.4, -0.2) is 21.7 Å². The SMILES string of the molecule is COc1cccc(/C=c2/sc3nc(-c4cccc(C)c4)nn3c2=O)c1. The number of thiazole rings is 1. The molecular weight excluding hydrogens is 334 g/mol. The fourth-order valence-electron chi connectivity index (χ4n) is 2.62. The summed E-state index contributed by atoms with van der Waals surface area (Å²) in [6.07, 6.45) is 1.83. The molecule has 4 rings (SSSR count). The number of hydrogen-bond acceptors (Lipinski definition) is 5. The zero-order valence-corrected chi connectivity index (χ0v) is 14.6. The van der Waals surface area contributed by atoms with Crippen molar-refractivity contribution in [1.29, 1.82) is 0 Å². The van der Waals surface area contributed by atoms with Crippen molar-refractivity contribution in [3.05, 3.63) is 74.5 Å². The fourth-order valence-corrected chi connectivity index (χ4v) is 3.53. The van der Waals surface area contributed by atoms with Gasteiger partial charge in [0.25, 0.3) is 5.56 Å². The Morgan fingerprint density at radius 2 is 2.00 bits per heavy atom. The number of benzene rings is 2. The second-order valence-corrected chi connectivity index (χ2v) is 6.70. The summed E-state index contributed by atoms with van der Waals surface area (Å²) in [5.41, 5.74) is 2.78. The second kappa shape index (κ2) is 6.14. The first-order valence-corrected chi connectivity index (χ1v) is 8.58. The second-order valence-electron chi connectivity index (χ2n) is 5.69. The van der Waals surface area contributed by atoms with Crippen LogP contribution in [-0.2, 0) is 0 Å². The molecule has 2 heterocycles. The van der Waals surface area contributed by atoms with Crippen LogP contribution in [0.4, 0.5) is 0 Å². The molecule has 0 N–H and O–H groups in total. The average Bonchev–Trinajstić information content (AvgIpc) is 3.15. The van der Waals surface area contributed by atoms with Gasteiger partial charge in [0, 0.05) is 5.56 Å². The molecular formula is C19H15N3O2S. The highest BCUT2D eigenvalue weighted by Gasteiger charge is 2.12. The lowest BCUT2D eigenvalue weighted by atomic mass is 10.1. The van der Waals surface area contributed by atoms with Gasteiger partial charge in [-0.25, -0.2) is 0 Å². The van der Waals surface area contributed by atoms with Crippen molar-refractivity contribution in [1.82, 2.24) is 14.6 Å². The minimum Gasteiger partial charge on any atom is -0.497 e. The minimum atomic E-state index is -0.158. The average molecular weight is 349 g/mol. The van der Waals surface area contributed by atoms with Crippen LogP contribution in [0.1, 0.15) is 11.1 Å². The standard InChI is InChI=1S/C19H15N3O2S/c1-12-5-3-7-14(9-12)17-20-19-22(21-17)18(23)16(25-19)11-13-6-4-8-15(10-13)24-2/h3-11H,1-2H3/b16-11+. The van der Waals surface area contributed by atoms with Gasteiger partial charge in [-0.2, -0.15) is 9.50 Å². The molecule has 0 aliphatic carbocycles. The summed E-state index contributed by atoms with van der Waals surface area (Å²) in [5, 5.41) is 4.38. The monoisotopic (exact) mass is 349 g/mol. The van der Waals surface area contributed by atoms with Crippen LogP contribution in [0.5, 0.6) is 5.75 Å². The smallest absolute Gasteiger partial charge is 0.291 e. The molecule has 0 saturated carbocycles. The van der Waals surface area contributed by atoms with Gasteiger partial charge in [-0.05, 0) is 36.8 Å². The Labute approximate surface area is 147 Å². The van der Waals surface area contributed by atoms with Crippen LogP contribution < -0.4 is 14.8 Å². The molecule has 0 spiro atoms.